The number of hydrogen-bond acceptors (Lipinski definition) is 4. The smallest absolute Gasteiger partial charge is 0.275 e. The number of halogens is 1. The van der Waals surface area contributed by atoms with Gasteiger partial charge in [0.05, 0.1) is 18.9 Å². The molecule has 160 valence electrons. The number of carbonyl (C=O) groups is 1. The van der Waals surface area contributed by atoms with Crippen molar-refractivity contribution in [2.24, 2.45) is 5.10 Å². The minimum Gasteiger partial charge on any atom is -0.496 e. The monoisotopic (exact) mass is 471 g/mol. The molecule has 30 heavy (non-hydrogen) atoms. The number of fused-ring (bicyclic) bond motifs is 1. The van der Waals surface area contributed by atoms with Gasteiger partial charge in [-0.25, -0.2) is 5.43 Å². The number of methoxy groups -OCH3 is 1. The molecule has 0 aliphatic carbocycles. The molecule has 1 aliphatic heterocycles. The van der Waals surface area contributed by atoms with E-state index in [1.807, 2.05) is 6.07 Å². The number of ether oxygens (including phenoxy) is 1. The van der Waals surface area contributed by atoms with Crippen molar-refractivity contribution in [3.63, 3.8) is 0 Å². The minimum atomic E-state index is -0.316. The van der Waals surface area contributed by atoms with Crippen LogP contribution in [0.2, 0.25) is 0 Å². The van der Waals surface area contributed by atoms with E-state index < -0.39 is 0 Å². The number of rotatable bonds is 5. The molecule has 2 aromatic carbocycles. The molecule has 5 nitrogen and oxygen atoms in total. The van der Waals surface area contributed by atoms with Crippen LogP contribution in [-0.4, -0.2) is 30.8 Å². The topological polar surface area (TPSA) is 53.9 Å². The third-order valence-corrected chi connectivity index (χ3v) is 6.10. The second-order valence-corrected chi connectivity index (χ2v) is 9.66. The van der Waals surface area contributed by atoms with Crippen LogP contribution in [0.1, 0.15) is 68.4 Å². The molecular weight excluding hydrogens is 442 g/mol. The Hall–Kier alpha value is -2.34. The molecule has 0 fully saturated rings. The van der Waals surface area contributed by atoms with Crippen LogP contribution in [-0.2, 0) is 0 Å². The maximum absolute atomic E-state index is 12.5. The van der Waals surface area contributed by atoms with E-state index >= 15 is 0 Å². The molecule has 0 saturated carbocycles. The number of carbonyl (C=O) groups excluding carboxylic acids is 1. The van der Waals surface area contributed by atoms with E-state index in [2.05, 4.69) is 84.2 Å². The van der Waals surface area contributed by atoms with Gasteiger partial charge in [-0.15, -0.1) is 0 Å². The van der Waals surface area contributed by atoms with Gasteiger partial charge in [0.25, 0.3) is 5.91 Å². The summed E-state index contributed by atoms with van der Waals surface area (Å²) in [6.45, 7) is 11.4. The minimum absolute atomic E-state index is 0.118. The van der Waals surface area contributed by atoms with Gasteiger partial charge >= 0.3 is 0 Å². The second kappa shape index (κ2) is 8.80. The number of nitrogens with one attached hydrogen (secondary N) is 1. The van der Waals surface area contributed by atoms with E-state index in [0.717, 1.165) is 16.5 Å². The highest BCUT2D eigenvalue weighted by Crippen LogP contribution is 2.44. The Balaban J connectivity index is 1.81. The molecule has 1 amide bonds. The van der Waals surface area contributed by atoms with Gasteiger partial charge in [0.2, 0.25) is 0 Å². The summed E-state index contributed by atoms with van der Waals surface area (Å²) in [5.74, 6) is 0.646. The summed E-state index contributed by atoms with van der Waals surface area (Å²) in [5.41, 5.74) is 6.72. The lowest BCUT2D eigenvalue weighted by Crippen LogP contribution is -2.51. The first kappa shape index (κ1) is 22.3. The Morgan fingerprint density at radius 1 is 1.30 bits per heavy atom. The number of amides is 1. The zero-order chi connectivity index (χ0) is 22.1. The number of anilines is 1. The second-order valence-electron chi connectivity index (χ2n) is 8.74. The van der Waals surface area contributed by atoms with Crippen molar-refractivity contribution in [2.45, 2.75) is 58.5 Å². The van der Waals surface area contributed by atoms with Crippen molar-refractivity contribution in [1.29, 1.82) is 0 Å². The fraction of sp³-hybridized carbons (Fsp3) is 0.417. The van der Waals surface area contributed by atoms with Crippen molar-refractivity contribution >= 4 is 33.7 Å². The summed E-state index contributed by atoms with van der Waals surface area (Å²) < 4.78 is 6.07. The summed E-state index contributed by atoms with van der Waals surface area (Å²) in [7, 11) is 1.54. The van der Waals surface area contributed by atoms with E-state index in [9.17, 15) is 4.79 Å². The Kier molecular flexibility index (Phi) is 6.56. The molecule has 0 aromatic heterocycles. The fourth-order valence-electron chi connectivity index (χ4n) is 4.61. The lowest BCUT2D eigenvalue weighted by atomic mass is 9.79. The summed E-state index contributed by atoms with van der Waals surface area (Å²) in [4.78, 5) is 15.0. The predicted octanol–water partition coefficient (Wildman–Crippen LogP) is 5.72. The third kappa shape index (κ3) is 4.53. The van der Waals surface area contributed by atoms with Gasteiger partial charge in [0.1, 0.15) is 5.75 Å². The quantitative estimate of drug-likeness (QED) is 0.447. The van der Waals surface area contributed by atoms with Gasteiger partial charge in [-0.1, -0.05) is 28.9 Å². The molecule has 0 saturated heterocycles. The van der Waals surface area contributed by atoms with Crippen molar-refractivity contribution in [3.8, 4) is 5.75 Å². The van der Waals surface area contributed by atoms with Crippen molar-refractivity contribution < 1.29 is 9.53 Å². The average Bonchev–Trinajstić information content (AvgIpc) is 2.67. The van der Waals surface area contributed by atoms with Crippen LogP contribution in [0.15, 0.2) is 46.0 Å². The first-order chi connectivity index (χ1) is 14.1. The predicted molar refractivity (Wildman–Crippen MR) is 127 cm³/mol. The largest absolute Gasteiger partial charge is 0.496 e. The van der Waals surface area contributed by atoms with Crippen molar-refractivity contribution in [2.75, 3.05) is 12.0 Å². The summed E-state index contributed by atoms with van der Waals surface area (Å²) in [6.07, 6.45) is 2.78. The molecule has 1 aliphatic rings. The highest BCUT2D eigenvalue weighted by Gasteiger charge is 2.37. The normalized spacial score (nSPS) is 17.9. The van der Waals surface area contributed by atoms with E-state index in [4.69, 9.17) is 4.74 Å². The summed E-state index contributed by atoms with van der Waals surface area (Å²) in [6, 6.07) is 12.1. The molecule has 3 rings (SSSR count). The maximum atomic E-state index is 12.5. The van der Waals surface area contributed by atoms with E-state index in [1.54, 1.807) is 25.5 Å². The number of nitrogens with zero attached hydrogens (tertiary/aromatic N) is 2. The van der Waals surface area contributed by atoms with Gasteiger partial charge in [-0.05, 0) is 81.5 Å². The Bertz CT molecular complexity index is 969. The third-order valence-electron chi connectivity index (χ3n) is 5.60. The van der Waals surface area contributed by atoms with Crippen LogP contribution >= 0.6 is 15.9 Å². The first-order valence-electron chi connectivity index (χ1n) is 10.2. The van der Waals surface area contributed by atoms with E-state index in [1.165, 1.54) is 11.3 Å². The highest BCUT2D eigenvalue weighted by atomic mass is 79.9. The average molecular weight is 472 g/mol. The van der Waals surface area contributed by atoms with Crippen LogP contribution in [0.4, 0.5) is 5.69 Å². The standard InChI is InChI=1S/C24H30BrN3O2/c1-15(2)28-21-9-7-17(11-19(21)16(3)13-24(28,4)5)14-26-27-23(29)20-12-18(25)8-10-22(20)30-6/h7-12,14-16H,13H2,1-6H3,(H,27,29)/b26-14+. The maximum Gasteiger partial charge on any atom is 0.275 e. The number of benzene rings is 2. The Morgan fingerprint density at radius 2 is 2.03 bits per heavy atom. The molecule has 6 heteroatoms. The van der Waals surface area contributed by atoms with Gasteiger partial charge in [0.15, 0.2) is 0 Å². The van der Waals surface area contributed by atoms with Gasteiger partial charge in [-0.2, -0.15) is 5.10 Å². The molecule has 2 aromatic rings. The zero-order valence-corrected chi connectivity index (χ0v) is 20.1. The lowest BCUT2D eigenvalue weighted by Gasteiger charge is -2.50. The number of hydrazone groups is 1. The van der Waals surface area contributed by atoms with Gasteiger partial charge < -0.3 is 9.64 Å². The van der Waals surface area contributed by atoms with E-state index in [-0.39, 0.29) is 11.4 Å². The Labute approximate surface area is 187 Å². The van der Waals surface area contributed by atoms with Crippen LogP contribution in [0.3, 0.4) is 0 Å². The summed E-state index contributed by atoms with van der Waals surface area (Å²) >= 11 is 3.38. The van der Waals surface area contributed by atoms with Crippen LogP contribution in [0.25, 0.3) is 0 Å². The molecule has 0 spiro atoms. The molecule has 0 bridgehead atoms. The van der Waals surface area contributed by atoms with Crippen LogP contribution in [0.5, 0.6) is 5.75 Å². The first-order valence-corrected chi connectivity index (χ1v) is 11.0. The highest BCUT2D eigenvalue weighted by molar-refractivity contribution is 9.10. The zero-order valence-electron chi connectivity index (χ0n) is 18.5. The van der Waals surface area contributed by atoms with Crippen LogP contribution in [0, 0.1) is 0 Å². The van der Waals surface area contributed by atoms with Gasteiger partial charge in [0, 0.05) is 21.7 Å². The summed E-state index contributed by atoms with van der Waals surface area (Å²) in [5, 5.41) is 4.17. The van der Waals surface area contributed by atoms with Crippen LogP contribution < -0.4 is 15.1 Å². The van der Waals surface area contributed by atoms with Gasteiger partial charge in [-0.3, -0.25) is 4.79 Å². The molecule has 1 unspecified atom stereocenters. The number of hydrogen-bond donors (Lipinski definition) is 1. The molecule has 0 radical (unpaired) electrons. The Morgan fingerprint density at radius 3 is 2.70 bits per heavy atom. The van der Waals surface area contributed by atoms with E-state index in [0.29, 0.717) is 23.3 Å². The lowest BCUT2D eigenvalue weighted by molar-refractivity contribution is 0.0952. The van der Waals surface area contributed by atoms with Crippen molar-refractivity contribution in [3.05, 3.63) is 57.6 Å². The molecule has 1 N–H and O–H groups in total. The SMILES string of the molecule is COc1ccc(Br)cc1C(=O)N/N=C/c1ccc2c(c1)C(C)CC(C)(C)N2C(C)C. The molecule has 1 heterocycles. The fourth-order valence-corrected chi connectivity index (χ4v) is 4.97. The van der Waals surface area contributed by atoms with Crippen molar-refractivity contribution in [1.82, 2.24) is 5.43 Å². The molecule has 1 atom stereocenters. The molecular formula is C24H30BrN3O2.